The standard InChI is InChI=1S/C24H33N3O4S2/c1-16-17(2)19(4)23(20(5)18(16)3)33(30,31)27-12-10-26(11-13-27)22(28)7-6-9-25-24(29)21-8-14-32-15-21/h8,14-15H,6-7,9-13H2,1-5H3,(H,25,29). The van der Waals surface area contributed by atoms with Crippen LogP contribution in [0.5, 0.6) is 0 Å². The van der Waals surface area contributed by atoms with Crippen molar-refractivity contribution in [3.05, 3.63) is 50.2 Å². The predicted molar refractivity (Wildman–Crippen MR) is 131 cm³/mol. The summed E-state index contributed by atoms with van der Waals surface area (Å²) in [6.07, 6.45) is 0.874. The number of thiophene rings is 1. The Morgan fingerprint density at radius 3 is 2.06 bits per heavy atom. The van der Waals surface area contributed by atoms with Gasteiger partial charge in [0.15, 0.2) is 0 Å². The lowest BCUT2D eigenvalue weighted by atomic mass is 9.95. The lowest BCUT2D eigenvalue weighted by Gasteiger charge is -2.35. The normalized spacial score (nSPS) is 15.0. The number of nitrogens with one attached hydrogen (secondary N) is 1. The van der Waals surface area contributed by atoms with E-state index in [-0.39, 0.29) is 24.9 Å². The highest BCUT2D eigenvalue weighted by Crippen LogP contribution is 2.32. The van der Waals surface area contributed by atoms with Crippen molar-refractivity contribution < 1.29 is 18.0 Å². The minimum absolute atomic E-state index is 0.00813. The quantitative estimate of drug-likeness (QED) is 0.602. The van der Waals surface area contributed by atoms with E-state index in [1.54, 1.807) is 16.3 Å². The van der Waals surface area contributed by atoms with E-state index in [1.165, 1.54) is 15.6 Å². The minimum Gasteiger partial charge on any atom is -0.352 e. The van der Waals surface area contributed by atoms with Crippen LogP contribution in [0.4, 0.5) is 0 Å². The molecule has 9 heteroatoms. The van der Waals surface area contributed by atoms with E-state index in [1.807, 2.05) is 40.0 Å². The SMILES string of the molecule is Cc1c(C)c(C)c(S(=O)(=O)N2CCN(C(=O)CCCNC(=O)c3ccsc3)CC2)c(C)c1C. The van der Waals surface area contributed by atoms with Crippen LogP contribution in [0, 0.1) is 34.6 Å². The molecule has 3 rings (SSSR count). The summed E-state index contributed by atoms with van der Waals surface area (Å²) in [4.78, 5) is 26.7. The van der Waals surface area contributed by atoms with Gasteiger partial charge in [-0.25, -0.2) is 8.42 Å². The molecule has 1 fully saturated rings. The molecule has 0 atom stereocenters. The molecule has 33 heavy (non-hydrogen) atoms. The van der Waals surface area contributed by atoms with Crippen LogP contribution in [-0.4, -0.2) is 62.2 Å². The number of amides is 2. The fourth-order valence-electron chi connectivity index (χ4n) is 4.25. The van der Waals surface area contributed by atoms with Crippen molar-refractivity contribution in [3.8, 4) is 0 Å². The topological polar surface area (TPSA) is 86.8 Å². The van der Waals surface area contributed by atoms with E-state index in [0.717, 1.165) is 27.8 Å². The van der Waals surface area contributed by atoms with Crippen LogP contribution in [0.15, 0.2) is 21.7 Å². The monoisotopic (exact) mass is 491 g/mol. The molecule has 0 spiro atoms. The highest BCUT2D eigenvalue weighted by Gasteiger charge is 2.33. The first-order chi connectivity index (χ1) is 15.6. The predicted octanol–water partition coefficient (Wildman–Crippen LogP) is 3.33. The number of hydrogen-bond donors (Lipinski definition) is 1. The van der Waals surface area contributed by atoms with Crippen molar-refractivity contribution in [2.75, 3.05) is 32.7 Å². The first kappa shape index (κ1) is 25.4. The number of nitrogens with zero attached hydrogens (tertiary/aromatic N) is 2. The molecule has 2 heterocycles. The summed E-state index contributed by atoms with van der Waals surface area (Å²) in [5.41, 5.74) is 5.39. The van der Waals surface area contributed by atoms with Gasteiger partial charge in [-0.05, 0) is 80.3 Å². The summed E-state index contributed by atoms with van der Waals surface area (Å²) in [5, 5.41) is 6.46. The average molecular weight is 492 g/mol. The summed E-state index contributed by atoms with van der Waals surface area (Å²) in [7, 11) is -3.64. The van der Waals surface area contributed by atoms with Crippen LogP contribution in [0.1, 0.15) is 51.0 Å². The van der Waals surface area contributed by atoms with Gasteiger partial charge in [-0.2, -0.15) is 15.6 Å². The molecule has 0 radical (unpaired) electrons. The van der Waals surface area contributed by atoms with Gasteiger partial charge in [-0.15, -0.1) is 0 Å². The first-order valence-electron chi connectivity index (χ1n) is 11.2. The molecule has 0 aliphatic carbocycles. The lowest BCUT2D eigenvalue weighted by molar-refractivity contribution is -0.132. The molecule has 1 aliphatic heterocycles. The largest absolute Gasteiger partial charge is 0.352 e. The summed E-state index contributed by atoms with van der Waals surface area (Å²) in [6.45, 7) is 11.5. The zero-order valence-electron chi connectivity index (χ0n) is 20.0. The molecule has 180 valence electrons. The number of piperazine rings is 1. The number of hydrogen-bond acceptors (Lipinski definition) is 5. The smallest absolute Gasteiger partial charge is 0.252 e. The summed E-state index contributed by atoms with van der Waals surface area (Å²) in [6, 6.07) is 1.76. The van der Waals surface area contributed by atoms with E-state index in [0.29, 0.717) is 42.9 Å². The Balaban J connectivity index is 1.55. The van der Waals surface area contributed by atoms with Crippen molar-refractivity contribution in [1.82, 2.24) is 14.5 Å². The first-order valence-corrected chi connectivity index (χ1v) is 13.6. The summed E-state index contributed by atoms with van der Waals surface area (Å²) in [5.74, 6) is -0.138. The van der Waals surface area contributed by atoms with Crippen molar-refractivity contribution in [3.63, 3.8) is 0 Å². The summed E-state index contributed by atoms with van der Waals surface area (Å²) >= 11 is 1.47. The number of benzene rings is 1. The molecule has 1 aromatic heterocycles. The van der Waals surface area contributed by atoms with Crippen LogP contribution < -0.4 is 5.32 Å². The van der Waals surface area contributed by atoms with E-state index < -0.39 is 10.0 Å². The molecule has 2 amide bonds. The van der Waals surface area contributed by atoms with E-state index in [2.05, 4.69) is 5.32 Å². The molecule has 1 aromatic carbocycles. The van der Waals surface area contributed by atoms with Gasteiger partial charge in [-0.3, -0.25) is 9.59 Å². The molecule has 2 aromatic rings. The minimum atomic E-state index is -3.64. The molecular formula is C24H33N3O4S2. The van der Waals surface area contributed by atoms with Crippen molar-refractivity contribution in [2.24, 2.45) is 0 Å². The van der Waals surface area contributed by atoms with Gasteiger partial charge in [-0.1, -0.05) is 0 Å². The fourth-order valence-corrected chi connectivity index (χ4v) is 6.87. The molecule has 1 saturated heterocycles. The molecular weight excluding hydrogens is 458 g/mol. The Hall–Kier alpha value is -2.23. The van der Waals surface area contributed by atoms with Crippen molar-refractivity contribution in [1.29, 1.82) is 0 Å². The van der Waals surface area contributed by atoms with E-state index in [9.17, 15) is 18.0 Å². The summed E-state index contributed by atoms with van der Waals surface area (Å²) < 4.78 is 28.5. The maximum Gasteiger partial charge on any atom is 0.252 e. The number of sulfonamides is 1. The zero-order valence-corrected chi connectivity index (χ0v) is 21.7. The van der Waals surface area contributed by atoms with Crippen LogP contribution in [0.25, 0.3) is 0 Å². The number of carbonyl (C=O) groups is 2. The van der Waals surface area contributed by atoms with Crippen LogP contribution in [0.3, 0.4) is 0 Å². The molecule has 7 nitrogen and oxygen atoms in total. The van der Waals surface area contributed by atoms with E-state index >= 15 is 0 Å². The highest BCUT2D eigenvalue weighted by molar-refractivity contribution is 7.89. The average Bonchev–Trinajstić information content (AvgIpc) is 3.34. The van der Waals surface area contributed by atoms with Crippen molar-refractivity contribution >= 4 is 33.2 Å². The van der Waals surface area contributed by atoms with Crippen molar-refractivity contribution in [2.45, 2.75) is 52.4 Å². The lowest BCUT2D eigenvalue weighted by Crippen LogP contribution is -2.50. The molecule has 1 aliphatic rings. The highest BCUT2D eigenvalue weighted by atomic mass is 32.2. The van der Waals surface area contributed by atoms with Gasteiger partial charge in [0.1, 0.15) is 0 Å². The Kier molecular flexibility index (Phi) is 7.97. The second kappa shape index (κ2) is 10.4. The third-order valence-electron chi connectivity index (χ3n) is 6.76. The van der Waals surface area contributed by atoms with Gasteiger partial charge in [0.2, 0.25) is 15.9 Å². The van der Waals surface area contributed by atoms with Gasteiger partial charge in [0.25, 0.3) is 5.91 Å². The maximum atomic E-state index is 13.5. The molecule has 0 bridgehead atoms. The molecule has 1 N–H and O–H groups in total. The molecule has 0 saturated carbocycles. The Labute approximate surface area is 200 Å². The van der Waals surface area contributed by atoms with Crippen LogP contribution in [-0.2, 0) is 14.8 Å². The third-order valence-corrected chi connectivity index (χ3v) is 9.61. The second-order valence-electron chi connectivity index (χ2n) is 8.61. The number of carbonyl (C=O) groups excluding carboxylic acids is 2. The maximum absolute atomic E-state index is 13.5. The van der Waals surface area contributed by atoms with Crippen LogP contribution in [0.2, 0.25) is 0 Å². The Morgan fingerprint density at radius 1 is 0.939 bits per heavy atom. The van der Waals surface area contributed by atoms with Crippen LogP contribution >= 0.6 is 11.3 Å². The third kappa shape index (κ3) is 5.31. The van der Waals surface area contributed by atoms with Gasteiger partial charge < -0.3 is 10.2 Å². The van der Waals surface area contributed by atoms with Gasteiger partial charge in [0, 0.05) is 50.1 Å². The Bertz CT molecular complexity index is 1100. The number of rotatable bonds is 7. The second-order valence-corrected chi connectivity index (χ2v) is 11.3. The van der Waals surface area contributed by atoms with E-state index in [4.69, 9.17) is 0 Å². The Morgan fingerprint density at radius 2 is 1.52 bits per heavy atom. The molecule has 0 unspecified atom stereocenters. The van der Waals surface area contributed by atoms with Gasteiger partial charge >= 0.3 is 0 Å². The zero-order chi connectivity index (χ0) is 24.3. The fraction of sp³-hybridized carbons (Fsp3) is 0.500. The van der Waals surface area contributed by atoms with Gasteiger partial charge in [0.05, 0.1) is 4.90 Å².